The van der Waals surface area contributed by atoms with Crippen molar-refractivity contribution in [1.29, 1.82) is 0 Å². The smallest absolute Gasteiger partial charge is 0.116 e. The molecule has 0 aliphatic carbocycles. The van der Waals surface area contributed by atoms with E-state index in [1.165, 1.54) is 5.56 Å². The Bertz CT molecular complexity index is 433. The number of nitrogens with one attached hydrogen (secondary N) is 1. The van der Waals surface area contributed by atoms with Crippen molar-refractivity contribution >= 4 is 11.8 Å². The summed E-state index contributed by atoms with van der Waals surface area (Å²) in [7, 11) is 1.98. The van der Waals surface area contributed by atoms with Gasteiger partial charge in [0.2, 0.25) is 0 Å². The fourth-order valence-corrected chi connectivity index (χ4v) is 2.54. The van der Waals surface area contributed by atoms with E-state index >= 15 is 0 Å². The van der Waals surface area contributed by atoms with E-state index in [4.69, 9.17) is 0 Å². The maximum absolute atomic E-state index is 4.20. The van der Waals surface area contributed by atoms with Gasteiger partial charge in [-0.2, -0.15) is 0 Å². The molecule has 0 saturated carbocycles. The molecule has 4 heteroatoms. The lowest BCUT2D eigenvalue weighted by molar-refractivity contribution is 0.661. The maximum Gasteiger partial charge on any atom is 0.116 e. The molecule has 17 heavy (non-hydrogen) atoms. The van der Waals surface area contributed by atoms with Gasteiger partial charge in [-0.25, -0.2) is 9.97 Å². The Balaban J connectivity index is 1.97. The van der Waals surface area contributed by atoms with Gasteiger partial charge in [-0.3, -0.25) is 0 Å². The van der Waals surface area contributed by atoms with E-state index in [0.29, 0.717) is 6.04 Å². The Morgan fingerprint density at radius 1 is 1.24 bits per heavy atom. The highest BCUT2D eigenvalue weighted by atomic mass is 32.2. The van der Waals surface area contributed by atoms with Crippen molar-refractivity contribution in [1.82, 2.24) is 15.3 Å². The molecule has 0 spiro atoms. The molecule has 1 atom stereocenters. The minimum Gasteiger partial charge on any atom is -0.312 e. The summed E-state index contributed by atoms with van der Waals surface area (Å²) in [4.78, 5) is 8.11. The Morgan fingerprint density at radius 2 is 2.06 bits per heavy atom. The molecule has 1 N–H and O–H groups in total. The molecule has 0 bridgehead atoms. The van der Waals surface area contributed by atoms with Gasteiger partial charge < -0.3 is 5.32 Å². The lowest BCUT2D eigenvalue weighted by Gasteiger charge is -2.15. The summed E-state index contributed by atoms with van der Waals surface area (Å²) in [6, 6.07) is 12.7. The van der Waals surface area contributed by atoms with Crippen molar-refractivity contribution < 1.29 is 0 Å². The first-order valence-corrected chi connectivity index (χ1v) is 6.49. The number of hydrogen-bond donors (Lipinski definition) is 1. The predicted molar refractivity (Wildman–Crippen MR) is 71.0 cm³/mol. The average molecular weight is 245 g/mol. The molecule has 0 aliphatic heterocycles. The number of thioether (sulfide) groups is 1. The van der Waals surface area contributed by atoms with Crippen LogP contribution in [0.1, 0.15) is 11.6 Å². The van der Waals surface area contributed by atoms with Crippen LogP contribution in [0, 0.1) is 0 Å². The molecule has 2 aromatic rings. The molecule has 1 aromatic heterocycles. The lowest BCUT2D eigenvalue weighted by atomic mass is 10.1. The van der Waals surface area contributed by atoms with Crippen LogP contribution in [0.2, 0.25) is 0 Å². The van der Waals surface area contributed by atoms with Crippen molar-refractivity contribution in [3.05, 3.63) is 54.5 Å². The molecule has 3 nitrogen and oxygen atoms in total. The number of hydrogen-bond acceptors (Lipinski definition) is 4. The molecule has 88 valence electrons. The van der Waals surface area contributed by atoms with Crippen LogP contribution < -0.4 is 5.32 Å². The summed E-state index contributed by atoms with van der Waals surface area (Å²) in [5.41, 5.74) is 1.30. The third-order valence-corrected chi connectivity index (χ3v) is 3.54. The van der Waals surface area contributed by atoms with Gasteiger partial charge in [0.05, 0.1) is 5.03 Å². The molecule has 2 rings (SSSR count). The van der Waals surface area contributed by atoms with Crippen LogP contribution in [0.25, 0.3) is 0 Å². The standard InChI is InChI=1S/C13H15N3S/c1-14-12(11-5-3-2-4-6-11)9-17-13-7-8-15-10-16-13/h2-8,10,12,14H,9H2,1H3. The quantitative estimate of drug-likeness (QED) is 0.649. The maximum atomic E-state index is 4.20. The first kappa shape index (κ1) is 12.1. The summed E-state index contributed by atoms with van der Waals surface area (Å²) < 4.78 is 0. The molecular formula is C13H15N3S. The molecule has 1 heterocycles. The fraction of sp³-hybridized carbons (Fsp3) is 0.231. The Kier molecular flexibility index (Phi) is 4.53. The van der Waals surface area contributed by atoms with Gasteiger partial charge in [0.1, 0.15) is 6.33 Å². The van der Waals surface area contributed by atoms with E-state index in [2.05, 4.69) is 39.6 Å². The van der Waals surface area contributed by atoms with Crippen molar-refractivity contribution in [3.8, 4) is 0 Å². The zero-order chi connectivity index (χ0) is 11.9. The average Bonchev–Trinajstić information content (AvgIpc) is 2.42. The summed E-state index contributed by atoms with van der Waals surface area (Å²) in [5.74, 6) is 0.956. The molecule has 0 amide bonds. The highest BCUT2D eigenvalue weighted by Crippen LogP contribution is 2.22. The van der Waals surface area contributed by atoms with Crippen LogP contribution in [-0.4, -0.2) is 22.8 Å². The number of nitrogens with zero attached hydrogens (tertiary/aromatic N) is 2. The van der Waals surface area contributed by atoms with Gasteiger partial charge in [-0.05, 0) is 18.7 Å². The van der Waals surface area contributed by atoms with Crippen LogP contribution in [-0.2, 0) is 0 Å². The molecule has 0 radical (unpaired) electrons. The zero-order valence-electron chi connectivity index (χ0n) is 9.71. The largest absolute Gasteiger partial charge is 0.312 e. The summed E-state index contributed by atoms with van der Waals surface area (Å²) in [6.07, 6.45) is 3.35. The topological polar surface area (TPSA) is 37.8 Å². The fourth-order valence-electron chi connectivity index (χ4n) is 1.56. The minimum absolute atomic E-state index is 0.344. The zero-order valence-corrected chi connectivity index (χ0v) is 10.5. The van der Waals surface area contributed by atoms with Crippen LogP contribution in [0.15, 0.2) is 53.9 Å². The second-order valence-electron chi connectivity index (χ2n) is 3.61. The summed E-state index contributed by atoms with van der Waals surface area (Å²) in [6.45, 7) is 0. The molecule has 0 saturated heterocycles. The third kappa shape index (κ3) is 3.54. The van der Waals surface area contributed by atoms with Gasteiger partial charge in [0.25, 0.3) is 0 Å². The van der Waals surface area contributed by atoms with Crippen LogP contribution in [0.4, 0.5) is 0 Å². The van der Waals surface area contributed by atoms with Gasteiger partial charge in [-0.1, -0.05) is 30.3 Å². The highest BCUT2D eigenvalue weighted by Gasteiger charge is 2.09. The molecule has 0 fully saturated rings. The molecule has 1 aromatic carbocycles. The Morgan fingerprint density at radius 3 is 2.71 bits per heavy atom. The van der Waals surface area contributed by atoms with Crippen molar-refractivity contribution in [3.63, 3.8) is 0 Å². The SMILES string of the molecule is CNC(CSc1ccncn1)c1ccccc1. The van der Waals surface area contributed by atoms with E-state index in [1.807, 2.05) is 19.2 Å². The lowest BCUT2D eigenvalue weighted by Crippen LogP contribution is -2.18. The van der Waals surface area contributed by atoms with Crippen molar-refractivity contribution in [2.75, 3.05) is 12.8 Å². The van der Waals surface area contributed by atoms with E-state index in [9.17, 15) is 0 Å². The Hall–Kier alpha value is -1.39. The van der Waals surface area contributed by atoms with E-state index < -0.39 is 0 Å². The second kappa shape index (κ2) is 6.37. The highest BCUT2D eigenvalue weighted by molar-refractivity contribution is 7.99. The first-order valence-electron chi connectivity index (χ1n) is 5.51. The van der Waals surface area contributed by atoms with Crippen molar-refractivity contribution in [2.45, 2.75) is 11.1 Å². The van der Waals surface area contributed by atoms with Gasteiger partial charge in [0.15, 0.2) is 0 Å². The Labute approximate surface area is 106 Å². The molecular weight excluding hydrogens is 230 g/mol. The summed E-state index contributed by atoms with van der Waals surface area (Å²) in [5, 5.41) is 4.33. The van der Waals surface area contributed by atoms with Gasteiger partial charge in [-0.15, -0.1) is 11.8 Å². The van der Waals surface area contributed by atoms with Crippen LogP contribution in [0.3, 0.4) is 0 Å². The predicted octanol–water partition coefficient (Wildman–Crippen LogP) is 2.53. The van der Waals surface area contributed by atoms with E-state index in [0.717, 1.165) is 10.8 Å². The van der Waals surface area contributed by atoms with Crippen LogP contribution >= 0.6 is 11.8 Å². The minimum atomic E-state index is 0.344. The molecule has 0 aliphatic rings. The van der Waals surface area contributed by atoms with Gasteiger partial charge >= 0.3 is 0 Å². The first-order chi connectivity index (χ1) is 8.40. The van der Waals surface area contributed by atoms with Crippen LogP contribution in [0.5, 0.6) is 0 Å². The normalized spacial score (nSPS) is 12.3. The summed E-state index contributed by atoms with van der Waals surface area (Å²) >= 11 is 1.73. The van der Waals surface area contributed by atoms with E-state index in [1.54, 1.807) is 24.3 Å². The van der Waals surface area contributed by atoms with Gasteiger partial charge in [0, 0.05) is 18.0 Å². The third-order valence-electron chi connectivity index (χ3n) is 2.50. The van der Waals surface area contributed by atoms with E-state index in [-0.39, 0.29) is 0 Å². The number of rotatable bonds is 5. The monoisotopic (exact) mass is 245 g/mol. The number of aromatic nitrogens is 2. The number of benzene rings is 1. The van der Waals surface area contributed by atoms with Crippen molar-refractivity contribution in [2.24, 2.45) is 0 Å². The molecule has 1 unspecified atom stereocenters. The second-order valence-corrected chi connectivity index (χ2v) is 4.65.